The minimum atomic E-state index is 1.36. The molecule has 0 rings (SSSR count). The van der Waals surface area contributed by atoms with Crippen molar-refractivity contribution in [2.45, 2.75) is 52.5 Å². The predicted molar refractivity (Wildman–Crippen MR) is 50.2 cm³/mol. The Balaban J connectivity index is 0. The van der Waals surface area contributed by atoms with Crippen LogP contribution in [0.4, 0.5) is 0 Å². The summed E-state index contributed by atoms with van der Waals surface area (Å²) in [5.41, 5.74) is 0. The van der Waals surface area contributed by atoms with Gasteiger partial charge in [0.2, 0.25) is 0 Å². The molecule has 0 unspecified atom stereocenters. The van der Waals surface area contributed by atoms with Gasteiger partial charge in [0.05, 0.1) is 0 Å². The highest BCUT2D eigenvalue weighted by molar-refractivity contribution is 6.08. The van der Waals surface area contributed by atoms with Crippen LogP contribution in [0.1, 0.15) is 46.5 Å². The fraction of sp³-hybridized carbons (Fsp3) is 1.00. The second-order valence-electron chi connectivity index (χ2n) is 2.41. The number of unbranched alkanes of at least 4 members (excludes halogenated alkanes) is 3. The van der Waals surface area contributed by atoms with Gasteiger partial charge < -0.3 is 0 Å². The summed E-state index contributed by atoms with van der Waals surface area (Å²) in [6.45, 7) is 6.65. The molecule has 0 atom stereocenters. The van der Waals surface area contributed by atoms with E-state index in [0.29, 0.717) is 0 Å². The molecule has 0 nitrogen and oxygen atoms in total. The summed E-state index contributed by atoms with van der Waals surface area (Å²) < 4.78 is 0. The van der Waals surface area contributed by atoms with E-state index in [-0.39, 0.29) is 0 Å². The molecule has 0 aliphatic rings. The van der Waals surface area contributed by atoms with Crippen LogP contribution in [-0.4, -0.2) is 10.2 Å². The van der Waals surface area contributed by atoms with Crippen LogP contribution in [0.15, 0.2) is 0 Å². The van der Waals surface area contributed by atoms with Gasteiger partial charge in [-0.3, -0.25) is 0 Å². The summed E-state index contributed by atoms with van der Waals surface area (Å²) in [7, 11) is 1.37. The lowest BCUT2D eigenvalue weighted by Gasteiger charge is -1.86. The minimum absolute atomic E-state index is 1.36. The van der Waals surface area contributed by atoms with Gasteiger partial charge >= 0.3 is 0 Å². The molecule has 0 heterocycles. The molecule has 58 valence electrons. The van der Waals surface area contributed by atoms with Crippen LogP contribution >= 0.6 is 0 Å². The standard InChI is InChI=1S/C6H14.C2H8Si/c1-3-5-6-4-2;1-2-3/h3-6H2,1-2H3;2H2,1,3H3. The van der Waals surface area contributed by atoms with Crippen LogP contribution in [0.3, 0.4) is 0 Å². The van der Waals surface area contributed by atoms with Gasteiger partial charge in [-0.2, -0.15) is 0 Å². The Labute approximate surface area is 63.5 Å². The number of hydrogen-bond acceptors (Lipinski definition) is 0. The van der Waals surface area contributed by atoms with Crippen LogP contribution in [-0.2, 0) is 0 Å². The molecule has 0 aliphatic heterocycles. The number of hydrogen-bond donors (Lipinski definition) is 0. The van der Waals surface area contributed by atoms with E-state index in [1.54, 1.807) is 0 Å². The lowest BCUT2D eigenvalue weighted by molar-refractivity contribution is 0.702. The van der Waals surface area contributed by atoms with Crippen molar-refractivity contribution in [1.82, 2.24) is 0 Å². The van der Waals surface area contributed by atoms with E-state index >= 15 is 0 Å². The second kappa shape index (κ2) is 15.7. The van der Waals surface area contributed by atoms with Crippen LogP contribution in [0.25, 0.3) is 0 Å². The Kier molecular flexibility index (Phi) is 20.9. The van der Waals surface area contributed by atoms with Gasteiger partial charge in [0.1, 0.15) is 0 Å². The van der Waals surface area contributed by atoms with E-state index in [9.17, 15) is 0 Å². The Hall–Kier alpha value is 0.217. The van der Waals surface area contributed by atoms with Crippen molar-refractivity contribution in [3.05, 3.63) is 0 Å². The molecule has 0 radical (unpaired) electrons. The lowest BCUT2D eigenvalue weighted by Crippen LogP contribution is -1.66. The first-order valence-corrected chi connectivity index (χ1v) is 5.74. The average Bonchev–Trinajstić information content (AvgIpc) is 1.86. The highest BCUT2D eigenvalue weighted by atomic mass is 28.1. The van der Waals surface area contributed by atoms with Crippen molar-refractivity contribution in [3.63, 3.8) is 0 Å². The van der Waals surface area contributed by atoms with E-state index in [2.05, 4.69) is 20.8 Å². The third-order valence-electron chi connectivity index (χ3n) is 0.957. The Morgan fingerprint density at radius 2 is 1.11 bits per heavy atom. The fourth-order valence-electron chi connectivity index (χ4n) is 0.500. The normalized spacial score (nSPS) is 8.33. The van der Waals surface area contributed by atoms with Gasteiger partial charge in [0.25, 0.3) is 0 Å². The van der Waals surface area contributed by atoms with Crippen LogP contribution in [0.2, 0.25) is 6.04 Å². The van der Waals surface area contributed by atoms with Crippen molar-refractivity contribution in [3.8, 4) is 0 Å². The van der Waals surface area contributed by atoms with Crippen LogP contribution in [0, 0.1) is 0 Å². The largest absolute Gasteiger partial charge is 0.0686 e. The molecule has 9 heavy (non-hydrogen) atoms. The molecule has 0 saturated heterocycles. The van der Waals surface area contributed by atoms with Crippen molar-refractivity contribution >= 4 is 10.2 Å². The summed E-state index contributed by atoms with van der Waals surface area (Å²) in [4.78, 5) is 0. The fourth-order valence-corrected chi connectivity index (χ4v) is 0.500. The molecule has 0 spiro atoms. The molecule has 0 fully saturated rings. The predicted octanol–water partition coefficient (Wildman–Crippen LogP) is 2.38. The third kappa shape index (κ3) is 30.7. The van der Waals surface area contributed by atoms with Crippen LogP contribution in [0.5, 0.6) is 0 Å². The molecule has 0 amide bonds. The highest BCUT2D eigenvalue weighted by Crippen LogP contribution is 1.95. The maximum atomic E-state index is 2.23. The van der Waals surface area contributed by atoms with Crippen molar-refractivity contribution in [1.29, 1.82) is 0 Å². The first kappa shape index (κ1) is 11.9. The summed E-state index contributed by atoms with van der Waals surface area (Å²) in [5.74, 6) is 0. The smallest absolute Gasteiger partial charge is 0.00244 e. The van der Waals surface area contributed by atoms with E-state index in [0.717, 1.165) is 0 Å². The quantitative estimate of drug-likeness (QED) is 0.423. The Morgan fingerprint density at radius 1 is 0.889 bits per heavy atom. The maximum Gasteiger partial charge on any atom is 0.00244 e. The highest BCUT2D eigenvalue weighted by Gasteiger charge is 1.75. The van der Waals surface area contributed by atoms with E-state index in [4.69, 9.17) is 0 Å². The zero-order valence-corrected chi connectivity index (χ0v) is 9.54. The summed E-state index contributed by atoms with van der Waals surface area (Å²) in [5, 5.41) is 0. The van der Waals surface area contributed by atoms with Gasteiger partial charge in [-0.05, 0) is 0 Å². The van der Waals surface area contributed by atoms with Gasteiger partial charge in [-0.1, -0.05) is 52.5 Å². The van der Waals surface area contributed by atoms with E-state index in [1.807, 2.05) is 0 Å². The minimum Gasteiger partial charge on any atom is -0.0686 e. The molecular formula is C8H22Si. The lowest BCUT2D eigenvalue weighted by atomic mass is 10.2. The molecule has 0 bridgehead atoms. The van der Waals surface area contributed by atoms with Crippen LogP contribution < -0.4 is 0 Å². The molecule has 0 aromatic carbocycles. The molecule has 0 aliphatic carbocycles. The van der Waals surface area contributed by atoms with Gasteiger partial charge in [0.15, 0.2) is 0 Å². The SMILES string of the molecule is CCCCCC.CC[SiH3]. The first-order chi connectivity index (χ1) is 4.33. The Morgan fingerprint density at radius 3 is 1.22 bits per heavy atom. The third-order valence-corrected chi connectivity index (χ3v) is 0.957. The summed E-state index contributed by atoms with van der Waals surface area (Å²) in [6.07, 6.45) is 5.54. The molecule has 0 saturated carbocycles. The molecule has 1 heteroatoms. The van der Waals surface area contributed by atoms with E-state index in [1.165, 1.54) is 42.0 Å². The van der Waals surface area contributed by atoms with Gasteiger partial charge in [-0.25, -0.2) is 0 Å². The van der Waals surface area contributed by atoms with Crippen molar-refractivity contribution < 1.29 is 0 Å². The average molecular weight is 146 g/mol. The van der Waals surface area contributed by atoms with Gasteiger partial charge in [0, 0.05) is 10.2 Å². The zero-order valence-electron chi connectivity index (χ0n) is 7.54. The summed E-state index contributed by atoms with van der Waals surface area (Å²) >= 11 is 0. The maximum absolute atomic E-state index is 2.23. The number of rotatable bonds is 3. The molecule has 0 aromatic heterocycles. The Bertz CT molecular complexity index is 23.7. The van der Waals surface area contributed by atoms with Crippen molar-refractivity contribution in [2.75, 3.05) is 0 Å². The first-order valence-electron chi connectivity index (χ1n) is 4.33. The van der Waals surface area contributed by atoms with Crippen molar-refractivity contribution in [2.24, 2.45) is 0 Å². The summed E-state index contributed by atoms with van der Waals surface area (Å²) in [6, 6.07) is 1.39. The molecule has 0 aromatic rings. The zero-order chi connectivity index (χ0) is 7.54. The molecular weight excluding hydrogens is 124 g/mol. The van der Waals surface area contributed by atoms with Gasteiger partial charge in [-0.15, -0.1) is 0 Å². The topological polar surface area (TPSA) is 0 Å². The second-order valence-corrected chi connectivity index (χ2v) is 3.83. The van der Waals surface area contributed by atoms with E-state index < -0.39 is 0 Å². The molecule has 0 N–H and O–H groups in total. The monoisotopic (exact) mass is 146 g/mol.